The first kappa shape index (κ1) is 12.4. The molecule has 92 valence electrons. The summed E-state index contributed by atoms with van der Waals surface area (Å²) in [7, 11) is 0. The highest BCUT2D eigenvalue weighted by molar-refractivity contribution is 9.10. The average Bonchev–Trinajstić information content (AvgIpc) is 2.27. The topological polar surface area (TPSA) is 69.6 Å². The fourth-order valence-electron chi connectivity index (χ4n) is 1.76. The normalized spacial score (nSPS) is 17.3. The van der Waals surface area contributed by atoms with E-state index in [1.54, 1.807) is 12.1 Å². The predicted octanol–water partition coefficient (Wildman–Crippen LogP) is 1.80. The van der Waals surface area contributed by atoms with E-state index in [2.05, 4.69) is 21.2 Å². The highest BCUT2D eigenvalue weighted by Gasteiger charge is 2.34. The molecule has 0 unspecified atom stereocenters. The lowest BCUT2D eigenvalue weighted by Crippen LogP contribution is -2.47. The highest BCUT2D eigenvalue weighted by Crippen LogP contribution is 2.30. The van der Waals surface area contributed by atoms with Gasteiger partial charge in [0, 0.05) is 12.1 Å². The highest BCUT2D eigenvalue weighted by atomic mass is 79.9. The van der Waals surface area contributed by atoms with E-state index in [4.69, 9.17) is 0 Å². The van der Waals surface area contributed by atoms with Crippen molar-refractivity contribution in [2.75, 3.05) is 6.54 Å². The van der Waals surface area contributed by atoms with Gasteiger partial charge in [-0.25, -0.2) is 0 Å². The van der Waals surface area contributed by atoms with Gasteiger partial charge in [0.05, 0.1) is 10.1 Å². The summed E-state index contributed by atoms with van der Waals surface area (Å²) >= 11 is 3.15. The number of phenolic OH excluding ortho intramolecular Hbond substituents is 1. The van der Waals surface area contributed by atoms with Crippen molar-refractivity contribution in [3.05, 3.63) is 28.2 Å². The first-order valence-corrected chi connectivity index (χ1v) is 6.29. The van der Waals surface area contributed by atoms with Crippen molar-refractivity contribution < 1.29 is 15.0 Å². The minimum atomic E-state index is -0.729. The van der Waals surface area contributed by atoms with Gasteiger partial charge in [0.15, 0.2) is 0 Å². The molecule has 2 rings (SSSR count). The van der Waals surface area contributed by atoms with Crippen molar-refractivity contribution in [2.24, 2.45) is 0 Å². The van der Waals surface area contributed by atoms with Gasteiger partial charge in [0.2, 0.25) is 0 Å². The molecule has 4 nitrogen and oxygen atoms in total. The summed E-state index contributed by atoms with van der Waals surface area (Å²) in [5.41, 5.74) is -0.346. The Balaban J connectivity index is 1.97. The first-order chi connectivity index (χ1) is 8.00. The second kappa shape index (κ2) is 4.66. The maximum atomic E-state index is 11.7. The Morgan fingerprint density at radius 1 is 1.47 bits per heavy atom. The van der Waals surface area contributed by atoms with Crippen LogP contribution in [-0.4, -0.2) is 28.3 Å². The van der Waals surface area contributed by atoms with Crippen molar-refractivity contribution >= 4 is 21.8 Å². The van der Waals surface area contributed by atoms with E-state index in [9.17, 15) is 15.0 Å². The van der Waals surface area contributed by atoms with Crippen LogP contribution in [0.3, 0.4) is 0 Å². The summed E-state index contributed by atoms with van der Waals surface area (Å²) < 4.78 is 0.548. The monoisotopic (exact) mass is 299 g/mol. The maximum absolute atomic E-state index is 11.7. The second-order valence-corrected chi connectivity index (χ2v) is 5.28. The zero-order chi connectivity index (χ0) is 12.5. The van der Waals surface area contributed by atoms with E-state index in [1.165, 1.54) is 6.07 Å². The first-order valence-electron chi connectivity index (χ1n) is 5.49. The van der Waals surface area contributed by atoms with Gasteiger partial charge in [0.25, 0.3) is 5.91 Å². The number of nitrogens with one attached hydrogen (secondary N) is 1. The summed E-state index contributed by atoms with van der Waals surface area (Å²) in [5.74, 6) is -0.256. The molecule has 0 atom stereocenters. The quantitative estimate of drug-likeness (QED) is 0.797. The Kier molecular flexibility index (Phi) is 3.40. The lowest BCUT2D eigenvalue weighted by Gasteiger charge is -2.36. The molecule has 0 bridgehead atoms. The van der Waals surface area contributed by atoms with Gasteiger partial charge < -0.3 is 15.5 Å². The number of carbonyl (C=O) groups is 1. The Bertz CT molecular complexity index is 443. The molecule has 1 aromatic carbocycles. The zero-order valence-corrected chi connectivity index (χ0v) is 10.8. The fourth-order valence-corrected chi connectivity index (χ4v) is 2.01. The van der Waals surface area contributed by atoms with Gasteiger partial charge >= 0.3 is 0 Å². The third kappa shape index (κ3) is 2.79. The van der Waals surface area contributed by atoms with E-state index in [-0.39, 0.29) is 18.2 Å². The number of benzene rings is 1. The van der Waals surface area contributed by atoms with E-state index in [0.29, 0.717) is 10.0 Å². The maximum Gasteiger partial charge on any atom is 0.251 e. The zero-order valence-electron chi connectivity index (χ0n) is 9.24. The average molecular weight is 300 g/mol. The van der Waals surface area contributed by atoms with Gasteiger partial charge in [-0.1, -0.05) is 0 Å². The molecule has 0 spiro atoms. The summed E-state index contributed by atoms with van der Waals surface area (Å²) in [5, 5.41) is 22.0. The second-order valence-electron chi connectivity index (χ2n) is 4.43. The summed E-state index contributed by atoms with van der Waals surface area (Å²) in [6.45, 7) is 0.267. The summed E-state index contributed by atoms with van der Waals surface area (Å²) in [6.07, 6.45) is 2.48. The Hall–Kier alpha value is -1.07. The van der Waals surface area contributed by atoms with Crippen LogP contribution in [0.4, 0.5) is 0 Å². The van der Waals surface area contributed by atoms with Gasteiger partial charge in [-0.3, -0.25) is 4.79 Å². The van der Waals surface area contributed by atoms with Crippen LogP contribution >= 0.6 is 15.9 Å². The molecule has 5 heteroatoms. The number of halogens is 1. The van der Waals surface area contributed by atoms with E-state index in [1.807, 2.05) is 0 Å². The van der Waals surface area contributed by atoms with Crippen molar-refractivity contribution in [3.8, 4) is 5.75 Å². The summed E-state index contributed by atoms with van der Waals surface area (Å²) in [4.78, 5) is 11.7. The molecule has 0 aromatic heterocycles. The van der Waals surface area contributed by atoms with Crippen LogP contribution in [-0.2, 0) is 0 Å². The van der Waals surface area contributed by atoms with Crippen molar-refractivity contribution in [1.29, 1.82) is 0 Å². The van der Waals surface area contributed by atoms with Crippen LogP contribution < -0.4 is 5.32 Å². The third-order valence-corrected chi connectivity index (χ3v) is 3.74. The lowest BCUT2D eigenvalue weighted by molar-refractivity contribution is -0.0300. The fraction of sp³-hybridized carbons (Fsp3) is 0.417. The number of amides is 1. The number of carbonyl (C=O) groups excluding carboxylic acids is 1. The predicted molar refractivity (Wildman–Crippen MR) is 66.9 cm³/mol. The van der Waals surface area contributed by atoms with Crippen LogP contribution in [0.5, 0.6) is 5.75 Å². The molecule has 17 heavy (non-hydrogen) atoms. The molecule has 1 saturated carbocycles. The van der Waals surface area contributed by atoms with Crippen LogP contribution in [0.25, 0.3) is 0 Å². The van der Waals surface area contributed by atoms with Crippen LogP contribution in [0, 0.1) is 0 Å². The molecule has 0 radical (unpaired) electrons. The Morgan fingerprint density at radius 3 is 2.71 bits per heavy atom. The smallest absolute Gasteiger partial charge is 0.251 e. The van der Waals surface area contributed by atoms with Gasteiger partial charge in [-0.2, -0.15) is 0 Å². The van der Waals surface area contributed by atoms with Crippen molar-refractivity contribution in [3.63, 3.8) is 0 Å². The van der Waals surface area contributed by atoms with Crippen molar-refractivity contribution in [2.45, 2.75) is 24.9 Å². The number of hydrogen-bond acceptors (Lipinski definition) is 3. The molecule has 0 aliphatic heterocycles. The van der Waals surface area contributed by atoms with E-state index >= 15 is 0 Å². The molecule has 0 heterocycles. The largest absolute Gasteiger partial charge is 0.507 e. The number of hydrogen-bond donors (Lipinski definition) is 3. The van der Waals surface area contributed by atoms with Crippen LogP contribution in [0.2, 0.25) is 0 Å². The van der Waals surface area contributed by atoms with E-state index < -0.39 is 5.60 Å². The van der Waals surface area contributed by atoms with Gasteiger partial charge in [-0.15, -0.1) is 0 Å². The lowest BCUT2D eigenvalue weighted by atomic mass is 9.80. The van der Waals surface area contributed by atoms with Gasteiger partial charge in [0.1, 0.15) is 5.75 Å². The third-order valence-electron chi connectivity index (χ3n) is 3.07. The molecule has 3 N–H and O–H groups in total. The minimum absolute atomic E-state index is 0.0278. The number of phenols is 1. The molecular formula is C12H14BrNO3. The molecule has 1 aromatic rings. The number of rotatable bonds is 3. The number of aromatic hydroxyl groups is 1. The Morgan fingerprint density at radius 2 is 2.18 bits per heavy atom. The molecule has 1 fully saturated rings. The molecule has 1 aliphatic carbocycles. The number of aliphatic hydroxyl groups is 1. The van der Waals surface area contributed by atoms with Crippen LogP contribution in [0.15, 0.2) is 22.7 Å². The molecular weight excluding hydrogens is 286 g/mol. The standard InChI is InChI=1S/C12H14BrNO3/c13-9-3-2-8(6-10(9)15)11(16)14-7-12(17)4-1-5-12/h2-3,6,15,17H,1,4-5,7H2,(H,14,16). The molecule has 1 amide bonds. The molecule has 1 aliphatic rings. The van der Waals surface area contributed by atoms with Gasteiger partial charge in [-0.05, 0) is 53.4 Å². The Labute approximate surface area is 108 Å². The van der Waals surface area contributed by atoms with Crippen LogP contribution in [0.1, 0.15) is 29.6 Å². The van der Waals surface area contributed by atoms with Crippen molar-refractivity contribution in [1.82, 2.24) is 5.32 Å². The minimum Gasteiger partial charge on any atom is -0.507 e. The molecule has 0 saturated heterocycles. The van der Waals surface area contributed by atoms with E-state index in [0.717, 1.165) is 19.3 Å². The summed E-state index contributed by atoms with van der Waals surface area (Å²) in [6, 6.07) is 4.62. The SMILES string of the molecule is O=C(NCC1(O)CCC1)c1ccc(Br)c(O)c1.